The summed E-state index contributed by atoms with van der Waals surface area (Å²) in [6.07, 6.45) is 5.33. The van der Waals surface area contributed by atoms with Crippen LogP contribution in [0.1, 0.15) is 39.2 Å². The molecule has 0 atom stereocenters. The zero-order valence-electron chi connectivity index (χ0n) is 16.9. The fourth-order valence-corrected chi connectivity index (χ4v) is 5.60. The van der Waals surface area contributed by atoms with E-state index in [1.807, 2.05) is 30.3 Å². The van der Waals surface area contributed by atoms with Gasteiger partial charge >= 0.3 is 0 Å². The number of nitrogens with one attached hydrogen (secondary N) is 2. The Labute approximate surface area is 189 Å². The first kappa shape index (κ1) is 21.4. The van der Waals surface area contributed by atoms with Crippen LogP contribution >= 0.6 is 23.1 Å². The van der Waals surface area contributed by atoms with Crippen LogP contribution in [0, 0.1) is 5.21 Å². The summed E-state index contributed by atoms with van der Waals surface area (Å²) in [4.78, 5) is 26.8. The van der Waals surface area contributed by atoms with Crippen LogP contribution in [0.3, 0.4) is 0 Å². The standard InChI is InChI=1S/C23H23N3O3S2/c27-19(15-30-20-12-6-7-13-26(20)29)25-23-21(17-10-4-5-11-18(17)31-23)22(28)24-14-16-8-2-1-3-9-16/h1-3,6-9,12-13H,4-5,10-11,14-15H2,(H,24,28)(H,25,27). The number of anilines is 1. The number of carbonyl (C=O) groups is 2. The third-order valence-electron chi connectivity index (χ3n) is 5.09. The van der Waals surface area contributed by atoms with Crippen molar-refractivity contribution in [1.29, 1.82) is 0 Å². The Morgan fingerprint density at radius 2 is 1.84 bits per heavy atom. The van der Waals surface area contributed by atoms with Crippen molar-refractivity contribution in [1.82, 2.24) is 5.32 Å². The van der Waals surface area contributed by atoms with E-state index in [1.165, 1.54) is 34.2 Å². The molecule has 0 radical (unpaired) electrons. The van der Waals surface area contributed by atoms with Crippen LogP contribution in [0.15, 0.2) is 59.8 Å². The number of hydrogen-bond donors (Lipinski definition) is 2. The smallest absolute Gasteiger partial charge is 0.254 e. The largest absolute Gasteiger partial charge is 0.618 e. The lowest BCUT2D eigenvalue weighted by atomic mass is 9.95. The Bertz CT molecular complexity index is 1080. The predicted octanol–water partition coefficient (Wildman–Crippen LogP) is 3.92. The van der Waals surface area contributed by atoms with Gasteiger partial charge in [0.05, 0.1) is 11.3 Å². The number of aromatic nitrogens is 1. The van der Waals surface area contributed by atoms with E-state index in [2.05, 4.69) is 10.6 Å². The van der Waals surface area contributed by atoms with Crippen LogP contribution in [-0.2, 0) is 24.2 Å². The van der Waals surface area contributed by atoms with Crippen molar-refractivity contribution in [3.8, 4) is 0 Å². The van der Waals surface area contributed by atoms with Crippen molar-refractivity contribution in [2.24, 2.45) is 0 Å². The van der Waals surface area contributed by atoms with Gasteiger partial charge in [0.2, 0.25) is 5.91 Å². The average molecular weight is 454 g/mol. The average Bonchev–Trinajstić information content (AvgIpc) is 3.15. The molecule has 0 spiro atoms. The Kier molecular flexibility index (Phi) is 6.89. The van der Waals surface area contributed by atoms with Crippen molar-refractivity contribution in [2.75, 3.05) is 11.1 Å². The van der Waals surface area contributed by atoms with Crippen molar-refractivity contribution in [3.05, 3.63) is 81.5 Å². The summed E-state index contributed by atoms with van der Waals surface area (Å²) in [5.41, 5.74) is 2.67. The van der Waals surface area contributed by atoms with Crippen LogP contribution in [0.5, 0.6) is 0 Å². The molecule has 0 fully saturated rings. The van der Waals surface area contributed by atoms with E-state index in [-0.39, 0.29) is 17.6 Å². The molecule has 0 saturated heterocycles. The van der Waals surface area contributed by atoms with E-state index in [4.69, 9.17) is 0 Å². The zero-order valence-corrected chi connectivity index (χ0v) is 18.6. The highest BCUT2D eigenvalue weighted by Crippen LogP contribution is 2.38. The minimum absolute atomic E-state index is 0.0971. The number of carbonyl (C=O) groups excluding carboxylic acids is 2. The maximum absolute atomic E-state index is 13.1. The molecule has 0 saturated carbocycles. The molecule has 2 aromatic heterocycles. The van der Waals surface area contributed by atoms with E-state index in [0.717, 1.165) is 41.5 Å². The number of benzene rings is 1. The normalized spacial score (nSPS) is 12.8. The molecular weight excluding hydrogens is 430 g/mol. The Morgan fingerprint density at radius 1 is 1.06 bits per heavy atom. The van der Waals surface area contributed by atoms with Gasteiger partial charge in [0.25, 0.3) is 10.9 Å². The molecule has 2 heterocycles. The Hall–Kier alpha value is -2.84. The Morgan fingerprint density at radius 3 is 2.65 bits per heavy atom. The van der Waals surface area contributed by atoms with Crippen LogP contribution in [0.4, 0.5) is 5.00 Å². The topological polar surface area (TPSA) is 85.1 Å². The molecule has 1 aliphatic rings. The van der Waals surface area contributed by atoms with Gasteiger partial charge in [-0.3, -0.25) is 9.59 Å². The van der Waals surface area contributed by atoms with Gasteiger partial charge in [0.1, 0.15) is 5.00 Å². The highest BCUT2D eigenvalue weighted by molar-refractivity contribution is 7.99. The van der Waals surface area contributed by atoms with Crippen LogP contribution in [-0.4, -0.2) is 17.6 Å². The molecule has 160 valence electrons. The molecule has 0 aliphatic heterocycles. The highest BCUT2D eigenvalue weighted by atomic mass is 32.2. The molecule has 8 heteroatoms. The minimum atomic E-state index is -0.232. The van der Waals surface area contributed by atoms with E-state index in [9.17, 15) is 14.8 Å². The molecule has 31 heavy (non-hydrogen) atoms. The number of hydrogen-bond acceptors (Lipinski definition) is 5. The van der Waals surface area contributed by atoms with Crippen molar-refractivity contribution in [2.45, 2.75) is 37.3 Å². The number of nitrogens with zero attached hydrogens (tertiary/aromatic N) is 1. The van der Waals surface area contributed by atoms with Gasteiger partial charge in [0.15, 0.2) is 6.20 Å². The molecule has 4 rings (SSSR count). The van der Waals surface area contributed by atoms with E-state index < -0.39 is 0 Å². The lowest BCUT2D eigenvalue weighted by Gasteiger charge is -2.13. The van der Waals surface area contributed by atoms with Gasteiger partial charge in [-0.25, -0.2) is 0 Å². The molecule has 3 aromatic rings. The number of rotatable bonds is 7. The number of pyridine rings is 1. The van der Waals surface area contributed by atoms with Crippen molar-refractivity contribution < 1.29 is 14.3 Å². The summed E-state index contributed by atoms with van der Waals surface area (Å²) in [6.45, 7) is 0.436. The summed E-state index contributed by atoms with van der Waals surface area (Å²) in [7, 11) is 0. The number of amides is 2. The molecule has 2 N–H and O–H groups in total. The third-order valence-corrected chi connectivity index (χ3v) is 7.31. The highest BCUT2D eigenvalue weighted by Gasteiger charge is 2.26. The number of thiophene rings is 1. The second kappa shape index (κ2) is 9.98. The first-order chi connectivity index (χ1) is 15.1. The maximum Gasteiger partial charge on any atom is 0.254 e. The predicted molar refractivity (Wildman–Crippen MR) is 123 cm³/mol. The van der Waals surface area contributed by atoms with Crippen LogP contribution in [0.2, 0.25) is 0 Å². The van der Waals surface area contributed by atoms with Crippen LogP contribution < -0.4 is 15.4 Å². The SMILES string of the molecule is O=C(CSc1cccc[n+]1[O-])Nc1sc2c(c1C(=O)NCc1ccccc1)CCCC2. The summed E-state index contributed by atoms with van der Waals surface area (Å²) in [6, 6.07) is 14.8. The van der Waals surface area contributed by atoms with E-state index in [1.54, 1.807) is 18.2 Å². The lowest BCUT2D eigenvalue weighted by molar-refractivity contribution is -0.645. The molecule has 1 aromatic carbocycles. The molecule has 6 nitrogen and oxygen atoms in total. The number of aryl methyl sites for hydroxylation is 1. The summed E-state index contributed by atoms with van der Waals surface area (Å²) in [5, 5.41) is 18.8. The van der Waals surface area contributed by atoms with Crippen LogP contribution in [0.25, 0.3) is 0 Å². The van der Waals surface area contributed by atoms with Gasteiger partial charge < -0.3 is 15.8 Å². The molecule has 2 amide bonds. The molecule has 0 bridgehead atoms. The summed E-state index contributed by atoms with van der Waals surface area (Å²) < 4.78 is 0.740. The van der Waals surface area contributed by atoms with Crippen molar-refractivity contribution >= 4 is 39.9 Å². The van der Waals surface area contributed by atoms with E-state index in [0.29, 0.717) is 22.1 Å². The number of fused-ring (bicyclic) bond motifs is 1. The molecule has 1 aliphatic carbocycles. The van der Waals surface area contributed by atoms with Gasteiger partial charge in [-0.05, 0) is 54.6 Å². The fraction of sp³-hybridized carbons (Fsp3) is 0.261. The van der Waals surface area contributed by atoms with Gasteiger partial charge in [-0.1, -0.05) is 30.3 Å². The minimum Gasteiger partial charge on any atom is -0.618 e. The van der Waals surface area contributed by atoms with Gasteiger partial charge in [0, 0.05) is 23.6 Å². The quantitative estimate of drug-likeness (QED) is 0.323. The Balaban J connectivity index is 1.47. The van der Waals surface area contributed by atoms with Gasteiger partial charge in [-0.2, -0.15) is 4.73 Å². The van der Waals surface area contributed by atoms with E-state index >= 15 is 0 Å². The third kappa shape index (κ3) is 5.26. The maximum atomic E-state index is 13.1. The monoisotopic (exact) mass is 453 g/mol. The zero-order chi connectivity index (χ0) is 21.6. The fourth-order valence-electron chi connectivity index (χ4n) is 3.59. The second-order valence-electron chi connectivity index (χ2n) is 7.28. The van der Waals surface area contributed by atoms with Crippen molar-refractivity contribution in [3.63, 3.8) is 0 Å². The first-order valence-corrected chi connectivity index (χ1v) is 12.0. The molecule has 0 unspecified atom stereocenters. The summed E-state index contributed by atoms with van der Waals surface area (Å²) in [5.74, 6) is -0.295. The second-order valence-corrected chi connectivity index (χ2v) is 9.39. The molecular formula is C23H23N3O3S2. The first-order valence-electron chi connectivity index (χ1n) is 10.2. The lowest BCUT2D eigenvalue weighted by Crippen LogP contribution is -2.28. The number of thioether (sulfide) groups is 1. The summed E-state index contributed by atoms with van der Waals surface area (Å²) >= 11 is 2.67. The van der Waals surface area contributed by atoms with Gasteiger partial charge in [-0.15, -0.1) is 11.3 Å².